The fourth-order valence-electron chi connectivity index (χ4n) is 2.44. The van der Waals surface area contributed by atoms with Crippen molar-refractivity contribution in [1.82, 2.24) is 10.6 Å². The van der Waals surface area contributed by atoms with Crippen molar-refractivity contribution in [1.29, 1.82) is 0 Å². The molecule has 6 nitrogen and oxygen atoms in total. The summed E-state index contributed by atoms with van der Waals surface area (Å²) in [5.41, 5.74) is 1.03. The van der Waals surface area contributed by atoms with Gasteiger partial charge >= 0.3 is 12.1 Å². The number of anilines is 2. The molecule has 150 valence electrons. The second kappa shape index (κ2) is 10.9. The first kappa shape index (κ1) is 21.1. The van der Waals surface area contributed by atoms with Crippen molar-refractivity contribution in [2.45, 2.75) is 19.8 Å². The number of hydrogen-bond donors (Lipinski definition) is 4. The molecule has 0 aliphatic rings. The molecule has 2 rings (SSSR count). The minimum absolute atomic E-state index is 0.223. The molecule has 0 spiro atoms. The van der Waals surface area contributed by atoms with Gasteiger partial charge < -0.3 is 21.3 Å². The fraction of sp³-hybridized carbons (Fsp3) is 0.300. The van der Waals surface area contributed by atoms with Crippen LogP contribution in [0.2, 0.25) is 0 Å². The lowest BCUT2D eigenvalue weighted by Crippen LogP contribution is -2.33. The van der Waals surface area contributed by atoms with E-state index < -0.39 is 0 Å². The summed E-state index contributed by atoms with van der Waals surface area (Å²) in [6.07, 6.45) is 1.56. The first-order valence-electron chi connectivity index (χ1n) is 9.03. The van der Waals surface area contributed by atoms with Crippen molar-refractivity contribution in [3.63, 3.8) is 0 Å². The standard InChI is InChI=1S/C20H24F2N4O2/c1-14(13-24-20(28)26-18-10-6-16(22)7-11-18)3-2-12-23-19(27)25-17-8-4-15(21)5-9-17/h4-11,14H,2-3,12-13H2,1H3,(H2,23,25,27)(H2,24,26,28)/t14-/m1/s1. The molecule has 0 radical (unpaired) electrons. The van der Waals surface area contributed by atoms with Crippen LogP contribution in [0.3, 0.4) is 0 Å². The summed E-state index contributed by atoms with van der Waals surface area (Å²) in [6, 6.07) is 10.3. The highest BCUT2D eigenvalue weighted by molar-refractivity contribution is 5.89. The molecule has 0 saturated carbocycles. The van der Waals surface area contributed by atoms with E-state index in [2.05, 4.69) is 21.3 Å². The molecule has 0 unspecified atom stereocenters. The molecule has 1 atom stereocenters. The Bertz CT molecular complexity index is 767. The van der Waals surface area contributed by atoms with E-state index in [0.717, 1.165) is 12.8 Å². The maximum atomic E-state index is 12.8. The lowest BCUT2D eigenvalue weighted by molar-refractivity contribution is 0.250. The zero-order chi connectivity index (χ0) is 20.4. The second-order valence-corrected chi connectivity index (χ2v) is 6.48. The lowest BCUT2D eigenvalue weighted by atomic mass is 10.1. The van der Waals surface area contributed by atoms with Gasteiger partial charge in [-0.2, -0.15) is 0 Å². The van der Waals surface area contributed by atoms with Crippen LogP contribution in [0.5, 0.6) is 0 Å². The van der Waals surface area contributed by atoms with Gasteiger partial charge in [0.15, 0.2) is 0 Å². The third-order valence-corrected chi connectivity index (χ3v) is 3.97. The van der Waals surface area contributed by atoms with Crippen molar-refractivity contribution in [3.05, 3.63) is 60.2 Å². The van der Waals surface area contributed by atoms with E-state index in [-0.39, 0.29) is 29.6 Å². The first-order valence-corrected chi connectivity index (χ1v) is 9.03. The van der Waals surface area contributed by atoms with Gasteiger partial charge in [0.1, 0.15) is 11.6 Å². The Labute approximate surface area is 162 Å². The van der Waals surface area contributed by atoms with Crippen LogP contribution in [0.1, 0.15) is 19.8 Å². The van der Waals surface area contributed by atoms with Gasteiger partial charge in [-0.05, 0) is 67.3 Å². The van der Waals surface area contributed by atoms with E-state index in [1.807, 2.05) is 6.92 Å². The lowest BCUT2D eigenvalue weighted by Gasteiger charge is -2.14. The third-order valence-electron chi connectivity index (χ3n) is 3.97. The second-order valence-electron chi connectivity index (χ2n) is 6.48. The van der Waals surface area contributed by atoms with Crippen molar-refractivity contribution >= 4 is 23.4 Å². The van der Waals surface area contributed by atoms with Crippen LogP contribution in [0, 0.1) is 17.6 Å². The number of nitrogens with one attached hydrogen (secondary N) is 4. The summed E-state index contributed by atoms with van der Waals surface area (Å²) in [7, 11) is 0. The average Bonchev–Trinajstić information content (AvgIpc) is 2.67. The van der Waals surface area contributed by atoms with E-state index in [0.29, 0.717) is 24.5 Å². The van der Waals surface area contributed by atoms with Crippen molar-refractivity contribution in [2.75, 3.05) is 23.7 Å². The number of halogens is 2. The Hall–Kier alpha value is -3.16. The summed E-state index contributed by atoms with van der Waals surface area (Å²) in [6.45, 7) is 2.96. The molecular weight excluding hydrogens is 366 g/mol. The zero-order valence-electron chi connectivity index (χ0n) is 15.6. The van der Waals surface area contributed by atoms with Gasteiger partial charge in [-0.25, -0.2) is 18.4 Å². The fourth-order valence-corrected chi connectivity index (χ4v) is 2.44. The Kier molecular flexibility index (Phi) is 8.20. The molecule has 0 aliphatic heterocycles. The minimum atomic E-state index is -0.362. The summed E-state index contributed by atoms with van der Waals surface area (Å²) >= 11 is 0. The molecule has 28 heavy (non-hydrogen) atoms. The molecule has 0 heterocycles. The molecule has 0 aromatic heterocycles. The van der Waals surface area contributed by atoms with Crippen LogP contribution in [0.25, 0.3) is 0 Å². The summed E-state index contributed by atoms with van der Waals surface area (Å²) < 4.78 is 25.6. The van der Waals surface area contributed by atoms with Gasteiger partial charge in [-0.3, -0.25) is 0 Å². The smallest absolute Gasteiger partial charge is 0.319 e. The van der Waals surface area contributed by atoms with Gasteiger partial charge in [0.2, 0.25) is 0 Å². The normalized spacial score (nSPS) is 11.4. The average molecular weight is 390 g/mol. The number of carbonyl (C=O) groups excluding carboxylic acids is 2. The number of rotatable bonds is 8. The Morgan fingerprint density at radius 3 is 1.79 bits per heavy atom. The number of amides is 4. The molecule has 0 fully saturated rings. The van der Waals surface area contributed by atoms with Crippen molar-refractivity contribution < 1.29 is 18.4 Å². The molecule has 2 aromatic rings. The van der Waals surface area contributed by atoms with Crippen LogP contribution in [0.15, 0.2) is 48.5 Å². The maximum Gasteiger partial charge on any atom is 0.319 e. The highest BCUT2D eigenvalue weighted by atomic mass is 19.1. The number of benzene rings is 2. The quantitative estimate of drug-likeness (QED) is 0.506. The minimum Gasteiger partial charge on any atom is -0.338 e. The number of carbonyl (C=O) groups is 2. The molecule has 8 heteroatoms. The van der Waals surface area contributed by atoms with Crippen LogP contribution < -0.4 is 21.3 Å². The van der Waals surface area contributed by atoms with E-state index in [1.165, 1.54) is 48.5 Å². The SMILES string of the molecule is C[C@H](CCCNC(=O)Nc1ccc(F)cc1)CNC(=O)Nc1ccc(F)cc1. The molecule has 4 amide bonds. The molecule has 0 saturated heterocycles. The maximum absolute atomic E-state index is 12.8. The Balaban J connectivity index is 1.56. The summed E-state index contributed by atoms with van der Waals surface area (Å²) in [4.78, 5) is 23.6. The van der Waals surface area contributed by atoms with Crippen LogP contribution in [0.4, 0.5) is 29.7 Å². The molecule has 4 N–H and O–H groups in total. The molecular formula is C20H24F2N4O2. The van der Waals surface area contributed by atoms with Crippen molar-refractivity contribution in [2.24, 2.45) is 5.92 Å². The summed E-state index contributed by atoms with van der Waals surface area (Å²) in [5, 5.41) is 10.7. The molecule has 2 aromatic carbocycles. The predicted octanol–water partition coefficient (Wildman–Crippen LogP) is 4.32. The largest absolute Gasteiger partial charge is 0.338 e. The number of urea groups is 2. The predicted molar refractivity (Wildman–Crippen MR) is 105 cm³/mol. The first-order chi connectivity index (χ1) is 13.4. The van der Waals surface area contributed by atoms with Gasteiger partial charge in [0, 0.05) is 24.5 Å². The topological polar surface area (TPSA) is 82.3 Å². The van der Waals surface area contributed by atoms with E-state index >= 15 is 0 Å². The van der Waals surface area contributed by atoms with E-state index in [4.69, 9.17) is 0 Å². The van der Waals surface area contributed by atoms with Crippen molar-refractivity contribution in [3.8, 4) is 0 Å². The highest BCUT2D eigenvalue weighted by Gasteiger charge is 2.07. The van der Waals surface area contributed by atoms with Gasteiger partial charge in [-0.15, -0.1) is 0 Å². The van der Waals surface area contributed by atoms with E-state index in [9.17, 15) is 18.4 Å². The van der Waals surface area contributed by atoms with Gasteiger partial charge in [0.05, 0.1) is 0 Å². The molecule has 0 bridgehead atoms. The van der Waals surface area contributed by atoms with Crippen LogP contribution >= 0.6 is 0 Å². The zero-order valence-corrected chi connectivity index (χ0v) is 15.6. The third kappa shape index (κ3) is 8.03. The van der Waals surface area contributed by atoms with Crippen LogP contribution in [-0.4, -0.2) is 25.2 Å². The Morgan fingerprint density at radius 2 is 1.29 bits per heavy atom. The Morgan fingerprint density at radius 1 is 0.821 bits per heavy atom. The van der Waals surface area contributed by atoms with Crippen LogP contribution in [-0.2, 0) is 0 Å². The molecule has 0 aliphatic carbocycles. The number of hydrogen-bond acceptors (Lipinski definition) is 2. The highest BCUT2D eigenvalue weighted by Crippen LogP contribution is 2.09. The van der Waals surface area contributed by atoms with Gasteiger partial charge in [-0.1, -0.05) is 6.92 Å². The van der Waals surface area contributed by atoms with E-state index in [1.54, 1.807) is 0 Å². The van der Waals surface area contributed by atoms with Gasteiger partial charge in [0.25, 0.3) is 0 Å². The monoisotopic (exact) mass is 390 g/mol. The summed E-state index contributed by atoms with van der Waals surface area (Å²) in [5.74, 6) is -0.500.